The fraction of sp³-hybridized carbons (Fsp3) is 0.238. The third-order valence-corrected chi connectivity index (χ3v) is 5.35. The van der Waals surface area contributed by atoms with Gasteiger partial charge in [-0.25, -0.2) is 4.98 Å². The summed E-state index contributed by atoms with van der Waals surface area (Å²) in [7, 11) is 2.85. The quantitative estimate of drug-likeness (QED) is 0.428. The van der Waals surface area contributed by atoms with E-state index in [0.717, 1.165) is 11.3 Å². The molecule has 0 spiro atoms. The summed E-state index contributed by atoms with van der Waals surface area (Å²) >= 11 is 0.934. The van der Waals surface area contributed by atoms with Crippen LogP contribution in [0.25, 0.3) is 0 Å². The van der Waals surface area contributed by atoms with E-state index >= 15 is 0 Å². The number of halogens is 6. The van der Waals surface area contributed by atoms with Crippen LogP contribution in [0.2, 0.25) is 0 Å². The maximum absolute atomic E-state index is 13.0. The van der Waals surface area contributed by atoms with E-state index in [1.165, 1.54) is 38.6 Å². The summed E-state index contributed by atoms with van der Waals surface area (Å²) in [6.45, 7) is 0. The molecule has 3 aromatic rings. The maximum atomic E-state index is 13.0. The van der Waals surface area contributed by atoms with Gasteiger partial charge in [-0.1, -0.05) is 0 Å². The first kappa shape index (κ1) is 24.4. The zero-order valence-corrected chi connectivity index (χ0v) is 17.9. The number of carbonyl (C=O) groups is 1. The van der Waals surface area contributed by atoms with Gasteiger partial charge in [-0.05, 0) is 42.0 Å². The maximum Gasteiger partial charge on any atom is 0.416 e. The Labute approximate surface area is 188 Å². The third kappa shape index (κ3) is 5.95. The topological polar surface area (TPSA) is 60.5 Å². The molecule has 0 saturated heterocycles. The first-order valence-electron chi connectivity index (χ1n) is 9.17. The van der Waals surface area contributed by atoms with Crippen LogP contribution < -0.4 is 14.8 Å². The highest BCUT2D eigenvalue weighted by molar-refractivity contribution is 7.15. The van der Waals surface area contributed by atoms with Crippen LogP contribution in [-0.4, -0.2) is 25.1 Å². The van der Waals surface area contributed by atoms with Gasteiger partial charge in [0.25, 0.3) is 5.91 Å². The van der Waals surface area contributed by atoms with Crippen LogP contribution in [0.3, 0.4) is 0 Å². The van der Waals surface area contributed by atoms with Crippen molar-refractivity contribution in [3.63, 3.8) is 0 Å². The molecule has 0 radical (unpaired) electrons. The lowest BCUT2D eigenvalue weighted by Crippen LogP contribution is -2.12. The first-order valence-corrected chi connectivity index (χ1v) is 9.99. The smallest absolute Gasteiger partial charge is 0.416 e. The molecule has 1 heterocycles. The van der Waals surface area contributed by atoms with Gasteiger partial charge in [0.15, 0.2) is 11.5 Å². The molecule has 0 aliphatic heterocycles. The molecule has 12 heteroatoms. The molecular formula is C21H16F6N2O3S. The zero-order valence-electron chi connectivity index (χ0n) is 17.1. The molecule has 0 fully saturated rings. The van der Waals surface area contributed by atoms with Gasteiger partial charge in [0.05, 0.1) is 36.6 Å². The monoisotopic (exact) mass is 490 g/mol. The first-order chi connectivity index (χ1) is 15.4. The van der Waals surface area contributed by atoms with Crippen LogP contribution in [0, 0.1) is 0 Å². The average Bonchev–Trinajstić information content (AvgIpc) is 3.18. The van der Waals surface area contributed by atoms with Gasteiger partial charge in [-0.2, -0.15) is 26.3 Å². The molecule has 1 N–H and O–H groups in total. The Morgan fingerprint density at radius 1 is 0.939 bits per heavy atom. The van der Waals surface area contributed by atoms with Gasteiger partial charge < -0.3 is 14.8 Å². The number of amides is 1. The van der Waals surface area contributed by atoms with Crippen molar-refractivity contribution >= 4 is 22.2 Å². The van der Waals surface area contributed by atoms with Gasteiger partial charge in [-0.3, -0.25) is 4.79 Å². The van der Waals surface area contributed by atoms with Gasteiger partial charge in [0.2, 0.25) is 0 Å². The van der Waals surface area contributed by atoms with Crippen molar-refractivity contribution in [1.82, 2.24) is 4.98 Å². The number of nitrogens with zero attached hydrogens (tertiary/aromatic N) is 1. The summed E-state index contributed by atoms with van der Waals surface area (Å²) in [6.07, 6.45) is -8.87. The van der Waals surface area contributed by atoms with Crippen LogP contribution in [0.1, 0.15) is 32.1 Å². The number of hydrogen-bond donors (Lipinski definition) is 1. The van der Waals surface area contributed by atoms with Crippen molar-refractivity contribution < 1.29 is 40.6 Å². The van der Waals surface area contributed by atoms with Gasteiger partial charge in [0, 0.05) is 12.0 Å². The summed E-state index contributed by atoms with van der Waals surface area (Å²) in [5.41, 5.74) is -2.75. The molecule has 1 amide bonds. The Morgan fingerprint density at radius 2 is 1.55 bits per heavy atom. The number of ether oxygens (including phenoxy) is 2. The third-order valence-electron chi connectivity index (χ3n) is 4.44. The predicted octanol–water partition coefficient (Wildman–Crippen LogP) is 6.04. The normalized spacial score (nSPS) is 11.9. The van der Waals surface area contributed by atoms with E-state index < -0.39 is 29.4 Å². The summed E-state index contributed by atoms with van der Waals surface area (Å²) < 4.78 is 88.5. The second kappa shape index (κ2) is 9.30. The van der Waals surface area contributed by atoms with E-state index in [0.29, 0.717) is 23.6 Å². The molecule has 176 valence electrons. The van der Waals surface area contributed by atoms with E-state index in [1.54, 1.807) is 0 Å². The van der Waals surface area contributed by atoms with E-state index in [4.69, 9.17) is 9.47 Å². The number of hydrogen-bond acceptors (Lipinski definition) is 5. The van der Waals surface area contributed by atoms with Gasteiger partial charge in [-0.15, -0.1) is 11.3 Å². The number of alkyl halides is 6. The summed E-state index contributed by atoms with van der Waals surface area (Å²) in [5, 5.41) is 3.08. The SMILES string of the molecule is COc1ccc(C(=O)Nc2cnc(Cc3cc(C(F)(F)F)cc(C(F)(F)F)c3)s2)cc1OC. The van der Waals surface area contributed by atoms with Crippen molar-refractivity contribution in [1.29, 1.82) is 0 Å². The van der Waals surface area contributed by atoms with Crippen molar-refractivity contribution in [2.45, 2.75) is 18.8 Å². The molecule has 0 aliphatic rings. The number of nitrogens with one attached hydrogen (secondary N) is 1. The second-order valence-electron chi connectivity index (χ2n) is 6.73. The van der Waals surface area contributed by atoms with Crippen LogP contribution >= 0.6 is 11.3 Å². The molecule has 0 aliphatic carbocycles. The molecule has 0 saturated carbocycles. The average molecular weight is 490 g/mol. The van der Waals surface area contributed by atoms with Crippen LogP contribution in [0.4, 0.5) is 31.3 Å². The Kier molecular flexibility index (Phi) is 6.86. The number of benzene rings is 2. The molecule has 0 bridgehead atoms. The summed E-state index contributed by atoms with van der Waals surface area (Å²) in [6, 6.07) is 5.87. The minimum atomic E-state index is -4.93. The van der Waals surface area contributed by atoms with Crippen molar-refractivity contribution in [2.24, 2.45) is 0 Å². The number of rotatable bonds is 6. The largest absolute Gasteiger partial charge is 0.493 e. The van der Waals surface area contributed by atoms with Crippen LogP contribution in [0.15, 0.2) is 42.6 Å². The number of methoxy groups -OCH3 is 2. The highest BCUT2D eigenvalue weighted by Crippen LogP contribution is 2.37. The minimum Gasteiger partial charge on any atom is -0.493 e. The zero-order chi connectivity index (χ0) is 24.4. The Balaban J connectivity index is 1.79. The van der Waals surface area contributed by atoms with Gasteiger partial charge in [0.1, 0.15) is 5.00 Å². The van der Waals surface area contributed by atoms with Crippen LogP contribution in [0.5, 0.6) is 11.5 Å². The predicted molar refractivity (Wildman–Crippen MR) is 109 cm³/mol. The molecule has 5 nitrogen and oxygen atoms in total. The number of thiazole rings is 1. The number of aromatic nitrogens is 1. The van der Waals surface area contributed by atoms with Gasteiger partial charge >= 0.3 is 12.4 Å². The Hall–Kier alpha value is -3.28. The van der Waals surface area contributed by atoms with E-state index in [-0.39, 0.29) is 33.6 Å². The molecule has 1 aromatic heterocycles. The fourth-order valence-electron chi connectivity index (χ4n) is 2.91. The highest BCUT2D eigenvalue weighted by Gasteiger charge is 2.36. The lowest BCUT2D eigenvalue weighted by atomic mass is 10.0. The standard InChI is InChI=1S/C21H16F6N2O3S/c1-31-15-4-3-12(8-16(15)32-2)19(30)29-18-10-28-17(33-18)7-11-5-13(20(22,23)24)9-14(6-11)21(25,26)27/h3-6,8-10H,7H2,1-2H3,(H,29,30). The van der Waals surface area contributed by atoms with E-state index in [9.17, 15) is 31.1 Å². The number of carbonyl (C=O) groups excluding carboxylic acids is 1. The second-order valence-corrected chi connectivity index (χ2v) is 7.85. The molecule has 2 aromatic carbocycles. The Bertz CT molecular complexity index is 1130. The van der Waals surface area contributed by atoms with Crippen molar-refractivity contribution in [3.05, 3.63) is 69.9 Å². The molecule has 3 rings (SSSR count). The van der Waals surface area contributed by atoms with Crippen molar-refractivity contribution in [2.75, 3.05) is 19.5 Å². The molecule has 33 heavy (non-hydrogen) atoms. The molecule has 0 atom stereocenters. The highest BCUT2D eigenvalue weighted by atomic mass is 32.1. The minimum absolute atomic E-state index is 0.0696. The summed E-state index contributed by atoms with van der Waals surface area (Å²) in [4.78, 5) is 16.5. The lowest BCUT2D eigenvalue weighted by molar-refractivity contribution is -0.143. The number of anilines is 1. The molecule has 0 unspecified atom stereocenters. The molecular weight excluding hydrogens is 474 g/mol. The summed E-state index contributed by atoms with van der Waals surface area (Å²) in [5.74, 6) is 0.248. The fourth-order valence-corrected chi connectivity index (χ4v) is 3.75. The van der Waals surface area contributed by atoms with Crippen molar-refractivity contribution in [3.8, 4) is 11.5 Å². The van der Waals surface area contributed by atoms with E-state index in [1.807, 2.05) is 0 Å². The Morgan fingerprint density at radius 3 is 2.09 bits per heavy atom. The lowest BCUT2D eigenvalue weighted by Gasteiger charge is -2.13. The van der Waals surface area contributed by atoms with E-state index in [2.05, 4.69) is 10.3 Å². The van der Waals surface area contributed by atoms with Crippen LogP contribution in [-0.2, 0) is 18.8 Å².